The summed E-state index contributed by atoms with van der Waals surface area (Å²) in [6, 6.07) is 12.6. The quantitative estimate of drug-likeness (QED) is 0.806. The number of rotatable bonds is 6. The van der Waals surface area contributed by atoms with E-state index < -0.39 is 0 Å². The van der Waals surface area contributed by atoms with E-state index >= 15 is 0 Å². The highest BCUT2D eigenvalue weighted by atomic mass is 16.5. The number of fused-ring (bicyclic) bond motifs is 1. The van der Waals surface area contributed by atoms with Gasteiger partial charge in [-0.05, 0) is 30.9 Å². The fraction of sp³-hybridized carbons (Fsp3) is 0.375. The molecule has 0 aliphatic heterocycles. The number of hydrogen-bond acceptors (Lipinski definition) is 3. The summed E-state index contributed by atoms with van der Waals surface area (Å²) in [5, 5.41) is 6.00. The number of methoxy groups -OCH3 is 1. The molecular formula is C16H22N2O. The normalized spacial score (nSPS) is 11.2. The van der Waals surface area contributed by atoms with Gasteiger partial charge in [0.1, 0.15) is 5.75 Å². The minimum atomic E-state index is 0.832. The van der Waals surface area contributed by atoms with Crippen LogP contribution in [0.4, 0.5) is 0 Å². The van der Waals surface area contributed by atoms with Crippen molar-refractivity contribution in [2.45, 2.75) is 6.54 Å². The first-order chi connectivity index (χ1) is 9.22. The van der Waals surface area contributed by atoms with E-state index in [2.05, 4.69) is 54.6 Å². The van der Waals surface area contributed by atoms with E-state index in [1.54, 1.807) is 7.11 Å². The molecule has 0 aliphatic rings. The molecule has 2 rings (SSSR count). The van der Waals surface area contributed by atoms with Gasteiger partial charge in [-0.1, -0.05) is 30.3 Å². The molecule has 0 fully saturated rings. The van der Waals surface area contributed by atoms with Crippen molar-refractivity contribution in [3.8, 4) is 5.75 Å². The molecule has 0 spiro atoms. The molecule has 0 unspecified atom stereocenters. The predicted octanol–water partition coefficient (Wildman–Crippen LogP) is 2.50. The molecule has 3 nitrogen and oxygen atoms in total. The third kappa shape index (κ3) is 3.46. The number of hydrogen-bond donors (Lipinski definition) is 1. The Labute approximate surface area is 115 Å². The molecule has 1 N–H and O–H groups in total. The first kappa shape index (κ1) is 13.8. The molecule has 102 valence electrons. The minimum Gasteiger partial charge on any atom is -0.496 e. The molecule has 2 aromatic rings. The summed E-state index contributed by atoms with van der Waals surface area (Å²) in [6.07, 6.45) is 0. The van der Waals surface area contributed by atoms with E-state index in [-0.39, 0.29) is 0 Å². The molecule has 0 bridgehead atoms. The van der Waals surface area contributed by atoms with Gasteiger partial charge in [-0.25, -0.2) is 0 Å². The minimum absolute atomic E-state index is 0.832. The number of ether oxygens (including phenoxy) is 1. The topological polar surface area (TPSA) is 24.5 Å². The summed E-state index contributed by atoms with van der Waals surface area (Å²) in [5.74, 6) is 0.955. The largest absolute Gasteiger partial charge is 0.496 e. The van der Waals surface area contributed by atoms with Gasteiger partial charge < -0.3 is 15.0 Å². The van der Waals surface area contributed by atoms with E-state index in [1.165, 1.54) is 16.3 Å². The standard InChI is InChI=1S/C16H22N2O/c1-18(2)11-10-17-12-15-14-7-5-4-6-13(14)8-9-16(15)19-3/h4-9,17H,10-12H2,1-3H3. The van der Waals surface area contributed by atoms with E-state index in [4.69, 9.17) is 4.74 Å². The Bertz CT molecular complexity index is 537. The lowest BCUT2D eigenvalue weighted by Gasteiger charge is -2.14. The maximum absolute atomic E-state index is 5.48. The highest BCUT2D eigenvalue weighted by molar-refractivity contribution is 5.87. The van der Waals surface area contributed by atoms with Crippen LogP contribution in [-0.4, -0.2) is 39.2 Å². The lowest BCUT2D eigenvalue weighted by molar-refractivity contribution is 0.393. The monoisotopic (exact) mass is 258 g/mol. The number of likely N-dealkylation sites (N-methyl/N-ethyl adjacent to an activating group) is 1. The molecule has 0 radical (unpaired) electrons. The van der Waals surface area contributed by atoms with Gasteiger partial charge in [0.05, 0.1) is 7.11 Å². The van der Waals surface area contributed by atoms with E-state index in [0.29, 0.717) is 0 Å². The van der Waals surface area contributed by atoms with Crippen molar-refractivity contribution >= 4 is 10.8 Å². The van der Waals surface area contributed by atoms with Crippen LogP contribution < -0.4 is 10.1 Å². The lowest BCUT2D eigenvalue weighted by atomic mass is 10.0. The Morgan fingerprint density at radius 2 is 1.89 bits per heavy atom. The molecule has 0 saturated carbocycles. The second kappa shape index (κ2) is 6.55. The van der Waals surface area contributed by atoms with Gasteiger partial charge in [0, 0.05) is 25.2 Å². The van der Waals surface area contributed by atoms with Crippen LogP contribution in [0.15, 0.2) is 36.4 Å². The van der Waals surface area contributed by atoms with Crippen molar-refractivity contribution < 1.29 is 4.74 Å². The zero-order chi connectivity index (χ0) is 13.7. The Kier molecular flexibility index (Phi) is 4.77. The summed E-state index contributed by atoms with van der Waals surface area (Å²) in [7, 11) is 5.90. The van der Waals surface area contributed by atoms with Gasteiger partial charge in [-0.15, -0.1) is 0 Å². The molecule has 0 saturated heterocycles. The van der Waals surface area contributed by atoms with Crippen LogP contribution in [0.5, 0.6) is 5.75 Å². The second-order valence-electron chi connectivity index (χ2n) is 4.95. The van der Waals surface area contributed by atoms with Gasteiger partial charge in [0.15, 0.2) is 0 Å². The summed E-state index contributed by atoms with van der Waals surface area (Å²) < 4.78 is 5.48. The zero-order valence-electron chi connectivity index (χ0n) is 11.9. The van der Waals surface area contributed by atoms with E-state index in [9.17, 15) is 0 Å². The summed E-state index contributed by atoms with van der Waals surface area (Å²) in [5.41, 5.74) is 1.24. The Morgan fingerprint density at radius 3 is 2.63 bits per heavy atom. The molecular weight excluding hydrogens is 236 g/mol. The van der Waals surface area contributed by atoms with Gasteiger partial charge in [-0.2, -0.15) is 0 Å². The van der Waals surface area contributed by atoms with Gasteiger partial charge >= 0.3 is 0 Å². The number of benzene rings is 2. The van der Waals surface area contributed by atoms with Crippen LogP contribution in [0, 0.1) is 0 Å². The van der Waals surface area contributed by atoms with Crippen LogP contribution >= 0.6 is 0 Å². The zero-order valence-corrected chi connectivity index (χ0v) is 11.9. The SMILES string of the molecule is COc1ccc2ccccc2c1CNCCN(C)C. The Hall–Kier alpha value is -1.58. The fourth-order valence-corrected chi connectivity index (χ4v) is 2.21. The fourth-order valence-electron chi connectivity index (χ4n) is 2.21. The molecule has 0 aromatic heterocycles. The van der Waals surface area contributed by atoms with Crippen LogP contribution in [0.1, 0.15) is 5.56 Å². The van der Waals surface area contributed by atoms with Crippen LogP contribution in [0.2, 0.25) is 0 Å². The molecule has 0 heterocycles. The molecule has 0 amide bonds. The first-order valence-electron chi connectivity index (χ1n) is 6.62. The number of nitrogens with zero attached hydrogens (tertiary/aromatic N) is 1. The van der Waals surface area contributed by atoms with Crippen molar-refractivity contribution in [2.75, 3.05) is 34.3 Å². The average Bonchev–Trinajstić information content (AvgIpc) is 2.43. The van der Waals surface area contributed by atoms with Gasteiger partial charge in [0.2, 0.25) is 0 Å². The third-order valence-electron chi connectivity index (χ3n) is 3.26. The maximum atomic E-state index is 5.48. The number of nitrogens with one attached hydrogen (secondary N) is 1. The van der Waals surface area contributed by atoms with Gasteiger partial charge in [0.25, 0.3) is 0 Å². The van der Waals surface area contributed by atoms with E-state index in [1.807, 2.05) is 6.07 Å². The highest BCUT2D eigenvalue weighted by Crippen LogP contribution is 2.27. The summed E-state index contributed by atoms with van der Waals surface area (Å²) >= 11 is 0. The predicted molar refractivity (Wildman–Crippen MR) is 80.8 cm³/mol. The molecule has 19 heavy (non-hydrogen) atoms. The van der Waals surface area contributed by atoms with Crippen molar-refractivity contribution in [3.63, 3.8) is 0 Å². The molecule has 0 aliphatic carbocycles. The first-order valence-corrected chi connectivity index (χ1v) is 6.62. The smallest absolute Gasteiger partial charge is 0.123 e. The van der Waals surface area contributed by atoms with Crippen LogP contribution in [0.3, 0.4) is 0 Å². The Balaban J connectivity index is 2.19. The van der Waals surface area contributed by atoms with E-state index in [0.717, 1.165) is 25.4 Å². The summed E-state index contributed by atoms with van der Waals surface area (Å²) in [4.78, 5) is 2.17. The molecule has 2 aromatic carbocycles. The van der Waals surface area contributed by atoms with Crippen molar-refractivity contribution in [1.82, 2.24) is 10.2 Å². The van der Waals surface area contributed by atoms with Crippen molar-refractivity contribution in [3.05, 3.63) is 42.0 Å². The molecule has 3 heteroatoms. The second-order valence-corrected chi connectivity index (χ2v) is 4.95. The molecule has 0 atom stereocenters. The third-order valence-corrected chi connectivity index (χ3v) is 3.26. The van der Waals surface area contributed by atoms with Gasteiger partial charge in [-0.3, -0.25) is 0 Å². The Morgan fingerprint density at radius 1 is 1.11 bits per heavy atom. The van der Waals surface area contributed by atoms with Crippen molar-refractivity contribution in [1.29, 1.82) is 0 Å². The highest BCUT2D eigenvalue weighted by Gasteiger charge is 2.07. The average molecular weight is 258 g/mol. The lowest BCUT2D eigenvalue weighted by Crippen LogP contribution is -2.26. The summed E-state index contributed by atoms with van der Waals surface area (Å²) in [6.45, 7) is 2.84. The van der Waals surface area contributed by atoms with Crippen molar-refractivity contribution in [2.24, 2.45) is 0 Å². The maximum Gasteiger partial charge on any atom is 0.123 e. The van der Waals surface area contributed by atoms with Crippen LogP contribution in [-0.2, 0) is 6.54 Å². The van der Waals surface area contributed by atoms with Crippen LogP contribution in [0.25, 0.3) is 10.8 Å².